The molecule has 0 saturated heterocycles. The van der Waals surface area contributed by atoms with Crippen LogP contribution >= 0.6 is 0 Å². The lowest BCUT2D eigenvalue weighted by Crippen LogP contribution is -2.34. The van der Waals surface area contributed by atoms with Crippen LogP contribution in [0.15, 0.2) is 12.3 Å². The van der Waals surface area contributed by atoms with Gasteiger partial charge in [0.1, 0.15) is 0 Å². The molecule has 13 heavy (non-hydrogen) atoms. The molecule has 0 aliphatic rings. The summed E-state index contributed by atoms with van der Waals surface area (Å²) in [4.78, 5) is 20.7. The Kier molecular flexibility index (Phi) is 6.04. The summed E-state index contributed by atoms with van der Waals surface area (Å²) in [6, 6.07) is -0.571. The maximum absolute atomic E-state index is 10.5. The van der Waals surface area contributed by atoms with E-state index in [1.807, 2.05) is 0 Å². The maximum atomic E-state index is 10.5. The van der Waals surface area contributed by atoms with Crippen LogP contribution < -0.4 is 16.4 Å². The van der Waals surface area contributed by atoms with Crippen molar-refractivity contribution in [3.05, 3.63) is 12.3 Å². The minimum Gasteiger partial charge on any atom is -0.466 e. The smallest absolute Gasteiger partial charge is 0.331 e. The Morgan fingerprint density at radius 3 is 2.69 bits per heavy atom. The standard InChI is InChI=1S/C7H13N3O3/c1-13-6(11)2-3-9-4-5-10-7(8)12/h2-3,9H,4-5H2,1H3,(H3,8,10,12)/b3-2+. The number of methoxy groups -OCH3 is 1. The second-order valence-corrected chi connectivity index (χ2v) is 2.10. The Bertz CT molecular complexity index is 203. The molecule has 0 bridgehead atoms. The third-order valence-corrected chi connectivity index (χ3v) is 1.11. The Morgan fingerprint density at radius 2 is 2.15 bits per heavy atom. The number of hydrogen-bond donors (Lipinski definition) is 3. The molecule has 6 nitrogen and oxygen atoms in total. The van der Waals surface area contributed by atoms with E-state index in [1.165, 1.54) is 19.4 Å². The van der Waals surface area contributed by atoms with Crippen molar-refractivity contribution in [1.82, 2.24) is 10.6 Å². The molecule has 0 rings (SSSR count). The van der Waals surface area contributed by atoms with E-state index in [0.717, 1.165) is 0 Å². The van der Waals surface area contributed by atoms with Crippen LogP contribution in [0.4, 0.5) is 4.79 Å². The third-order valence-electron chi connectivity index (χ3n) is 1.11. The van der Waals surface area contributed by atoms with Crippen molar-refractivity contribution < 1.29 is 14.3 Å². The van der Waals surface area contributed by atoms with Crippen LogP contribution in [0.3, 0.4) is 0 Å². The lowest BCUT2D eigenvalue weighted by molar-refractivity contribution is -0.134. The molecule has 0 saturated carbocycles. The van der Waals surface area contributed by atoms with E-state index in [9.17, 15) is 9.59 Å². The largest absolute Gasteiger partial charge is 0.466 e. The Morgan fingerprint density at radius 1 is 1.46 bits per heavy atom. The molecule has 0 spiro atoms. The quantitative estimate of drug-likeness (QED) is 0.290. The van der Waals surface area contributed by atoms with Gasteiger partial charge in [0.25, 0.3) is 0 Å². The third kappa shape index (κ3) is 8.18. The summed E-state index contributed by atoms with van der Waals surface area (Å²) >= 11 is 0. The van der Waals surface area contributed by atoms with Crippen molar-refractivity contribution in [3.8, 4) is 0 Å². The van der Waals surface area contributed by atoms with E-state index in [0.29, 0.717) is 13.1 Å². The summed E-state index contributed by atoms with van der Waals surface area (Å²) in [6.45, 7) is 0.900. The summed E-state index contributed by atoms with van der Waals surface area (Å²) in [5, 5.41) is 5.13. The minimum atomic E-state index is -0.571. The first-order chi connectivity index (χ1) is 6.16. The molecule has 0 aromatic heterocycles. The fourth-order valence-corrected chi connectivity index (χ4v) is 0.536. The number of nitrogens with one attached hydrogen (secondary N) is 2. The molecule has 0 atom stereocenters. The lowest BCUT2D eigenvalue weighted by atomic mass is 10.5. The lowest BCUT2D eigenvalue weighted by Gasteiger charge is -2.00. The predicted octanol–water partition coefficient (Wildman–Crippen LogP) is -1.07. The average molecular weight is 187 g/mol. The van der Waals surface area contributed by atoms with Crippen LogP contribution in [0.5, 0.6) is 0 Å². The molecule has 74 valence electrons. The number of esters is 1. The first-order valence-electron chi connectivity index (χ1n) is 3.68. The highest BCUT2D eigenvalue weighted by atomic mass is 16.5. The first kappa shape index (κ1) is 11.3. The van der Waals surface area contributed by atoms with Crippen LogP contribution in [-0.2, 0) is 9.53 Å². The molecule has 0 aromatic carbocycles. The van der Waals surface area contributed by atoms with Crippen molar-refractivity contribution in [2.24, 2.45) is 5.73 Å². The van der Waals surface area contributed by atoms with Crippen molar-refractivity contribution in [1.29, 1.82) is 0 Å². The number of ether oxygens (including phenoxy) is 1. The molecule has 0 radical (unpaired) electrons. The number of carbonyl (C=O) groups is 2. The van der Waals surface area contributed by atoms with Crippen molar-refractivity contribution in [2.45, 2.75) is 0 Å². The molecule has 0 aromatic rings. The molecule has 0 heterocycles. The van der Waals surface area contributed by atoms with Gasteiger partial charge in [-0.2, -0.15) is 0 Å². The zero-order chi connectivity index (χ0) is 10.1. The number of rotatable bonds is 5. The first-order valence-corrected chi connectivity index (χ1v) is 3.68. The van der Waals surface area contributed by atoms with E-state index >= 15 is 0 Å². The second-order valence-electron chi connectivity index (χ2n) is 2.10. The summed E-state index contributed by atoms with van der Waals surface area (Å²) in [6.07, 6.45) is 2.68. The van der Waals surface area contributed by atoms with Gasteiger partial charge in [-0.1, -0.05) is 0 Å². The van der Waals surface area contributed by atoms with Crippen LogP contribution in [-0.4, -0.2) is 32.2 Å². The zero-order valence-electron chi connectivity index (χ0n) is 7.37. The summed E-state index contributed by atoms with van der Waals surface area (Å²) in [7, 11) is 1.29. The van der Waals surface area contributed by atoms with Gasteiger partial charge in [-0.3, -0.25) is 0 Å². The van der Waals surface area contributed by atoms with E-state index in [2.05, 4.69) is 15.4 Å². The number of urea groups is 1. The van der Waals surface area contributed by atoms with Gasteiger partial charge in [0, 0.05) is 25.4 Å². The Labute approximate surface area is 76.1 Å². The Balaban J connectivity index is 3.30. The number of amides is 2. The van der Waals surface area contributed by atoms with Gasteiger partial charge in [0.2, 0.25) is 0 Å². The monoisotopic (exact) mass is 187 g/mol. The fourth-order valence-electron chi connectivity index (χ4n) is 0.536. The normalized spacial score (nSPS) is 9.62. The number of primary amides is 1. The van der Waals surface area contributed by atoms with Crippen LogP contribution in [0.25, 0.3) is 0 Å². The predicted molar refractivity (Wildman–Crippen MR) is 46.7 cm³/mol. The van der Waals surface area contributed by atoms with Crippen molar-refractivity contribution in [2.75, 3.05) is 20.2 Å². The van der Waals surface area contributed by atoms with Gasteiger partial charge >= 0.3 is 12.0 Å². The number of hydrogen-bond acceptors (Lipinski definition) is 4. The molecule has 6 heteroatoms. The number of nitrogens with two attached hydrogens (primary N) is 1. The summed E-state index contributed by atoms with van der Waals surface area (Å²) < 4.78 is 4.34. The SMILES string of the molecule is COC(=O)/C=C/NCCNC(N)=O. The molecule has 0 unspecified atom stereocenters. The molecule has 0 fully saturated rings. The maximum Gasteiger partial charge on any atom is 0.331 e. The van der Waals surface area contributed by atoms with Gasteiger partial charge in [0.15, 0.2) is 0 Å². The fraction of sp³-hybridized carbons (Fsp3) is 0.429. The highest BCUT2D eigenvalue weighted by molar-refractivity contribution is 5.81. The topological polar surface area (TPSA) is 93.4 Å². The van der Waals surface area contributed by atoms with E-state index in [1.54, 1.807) is 0 Å². The molecule has 0 aliphatic carbocycles. The second kappa shape index (κ2) is 6.96. The molecule has 4 N–H and O–H groups in total. The summed E-state index contributed by atoms with van der Waals surface area (Å²) in [5.74, 6) is -0.435. The van der Waals surface area contributed by atoms with Crippen LogP contribution in [0.1, 0.15) is 0 Å². The highest BCUT2D eigenvalue weighted by Gasteiger charge is 1.90. The van der Waals surface area contributed by atoms with Crippen molar-refractivity contribution >= 4 is 12.0 Å². The molecule has 2 amide bonds. The molecular weight excluding hydrogens is 174 g/mol. The highest BCUT2D eigenvalue weighted by Crippen LogP contribution is 1.73. The molecule has 0 aliphatic heterocycles. The van der Waals surface area contributed by atoms with Gasteiger partial charge in [0.05, 0.1) is 7.11 Å². The van der Waals surface area contributed by atoms with E-state index < -0.39 is 12.0 Å². The minimum absolute atomic E-state index is 0.404. The van der Waals surface area contributed by atoms with E-state index in [-0.39, 0.29) is 0 Å². The van der Waals surface area contributed by atoms with Crippen molar-refractivity contribution in [3.63, 3.8) is 0 Å². The number of carbonyl (C=O) groups excluding carboxylic acids is 2. The van der Waals surface area contributed by atoms with Gasteiger partial charge in [-0.15, -0.1) is 0 Å². The van der Waals surface area contributed by atoms with Gasteiger partial charge in [-0.05, 0) is 0 Å². The van der Waals surface area contributed by atoms with Gasteiger partial charge < -0.3 is 21.1 Å². The van der Waals surface area contributed by atoms with Gasteiger partial charge in [-0.25, -0.2) is 9.59 Å². The Hall–Kier alpha value is -1.72. The van der Waals surface area contributed by atoms with Crippen LogP contribution in [0, 0.1) is 0 Å². The average Bonchev–Trinajstić information content (AvgIpc) is 2.10. The summed E-state index contributed by atoms with van der Waals surface area (Å²) in [5.41, 5.74) is 4.81. The van der Waals surface area contributed by atoms with Crippen LogP contribution in [0.2, 0.25) is 0 Å². The van der Waals surface area contributed by atoms with E-state index in [4.69, 9.17) is 5.73 Å². The zero-order valence-corrected chi connectivity index (χ0v) is 7.37. The molecular formula is C7H13N3O3.